The van der Waals surface area contributed by atoms with E-state index in [2.05, 4.69) is 30.0 Å². The molecule has 24 heavy (non-hydrogen) atoms. The topological polar surface area (TPSA) is 66.8 Å². The van der Waals surface area contributed by atoms with Gasteiger partial charge in [0.15, 0.2) is 0 Å². The van der Waals surface area contributed by atoms with Crippen molar-refractivity contribution in [2.45, 2.75) is 71.1 Å². The van der Waals surface area contributed by atoms with Gasteiger partial charge in [-0.05, 0) is 44.6 Å². The smallest absolute Gasteiger partial charge is 0.303 e. The summed E-state index contributed by atoms with van der Waals surface area (Å²) >= 11 is 0. The predicted molar refractivity (Wildman–Crippen MR) is 98.7 cm³/mol. The van der Waals surface area contributed by atoms with Crippen molar-refractivity contribution in [1.29, 1.82) is 0 Å². The molecule has 0 aromatic carbocycles. The van der Waals surface area contributed by atoms with Gasteiger partial charge in [-0.3, -0.25) is 4.79 Å². The third-order valence-electron chi connectivity index (χ3n) is 3.42. The van der Waals surface area contributed by atoms with Gasteiger partial charge < -0.3 is 9.99 Å². The van der Waals surface area contributed by atoms with Gasteiger partial charge >= 0.3 is 5.97 Å². The van der Waals surface area contributed by atoms with Crippen molar-refractivity contribution in [1.82, 2.24) is 0 Å². The highest BCUT2D eigenvalue weighted by molar-refractivity contribution is 5.66. The Morgan fingerprint density at radius 1 is 0.917 bits per heavy atom. The molecule has 0 aliphatic carbocycles. The molecule has 0 aliphatic rings. The quantitative estimate of drug-likeness (QED) is 0.126. The zero-order valence-corrected chi connectivity index (χ0v) is 14.8. The molecule has 136 valence electrons. The fourth-order valence-electron chi connectivity index (χ4n) is 2.05. The Kier molecular flexibility index (Phi) is 16.2. The molecule has 0 radical (unpaired) electrons. The average Bonchev–Trinajstić information content (AvgIpc) is 2.57. The van der Waals surface area contributed by atoms with Crippen LogP contribution in [0.1, 0.15) is 71.1 Å². The van der Waals surface area contributed by atoms with Gasteiger partial charge in [0.05, 0.1) is 0 Å². The molecule has 0 aromatic rings. The van der Waals surface area contributed by atoms with E-state index in [4.69, 9.17) is 10.4 Å². The molecule has 4 heteroatoms. The summed E-state index contributed by atoms with van der Waals surface area (Å²) in [6.07, 6.45) is 22.8. The first-order chi connectivity index (χ1) is 11.7. The van der Waals surface area contributed by atoms with E-state index in [0.717, 1.165) is 32.1 Å². The maximum absolute atomic E-state index is 10.3. The number of hydrogen-bond acceptors (Lipinski definition) is 3. The van der Waals surface area contributed by atoms with Crippen LogP contribution >= 0.6 is 0 Å². The van der Waals surface area contributed by atoms with E-state index in [-0.39, 0.29) is 6.42 Å². The van der Waals surface area contributed by atoms with Gasteiger partial charge in [0.25, 0.3) is 0 Å². The molecule has 0 spiro atoms. The molecule has 0 atom stereocenters. The average molecular weight is 336 g/mol. The number of aliphatic carboxylic acids is 1. The first-order valence-corrected chi connectivity index (χ1v) is 8.88. The monoisotopic (exact) mass is 336 g/mol. The zero-order chi connectivity index (χ0) is 17.9. The van der Waals surface area contributed by atoms with Crippen LogP contribution in [0.5, 0.6) is 0 Å². The Balaban J connectivity index is 3.71. The highest BCUT2D eigenvalue weighted by Gasteiger charge is 1.94. The minimum Gasteiger partial charge on any atom is -0.481 e. The number of carboxylic acids is 1. The molecular weight excluding hydrogens is 304 g/mol. The Hall–Kier alpha value is -1.81. The summed E-state index contributed by atoms with van der Waals surface area (Å²) < 4.78 is 0. The third-order valence-corrected chi connectivity index (χ3v) is 3.42. The van der Waals surface area contributed by atoms with Crippen LogP contribution in [0.15, 0.2) is 48.3 Å². The first-order valence-electron chi connectivity index (χ1n) is 8.88. The zero-order valence-electron chi connectivity index (χ0n) is 14.8. The molecule has 0 saturated carbocycles. The van der Waals surface area contributed by atoms with Crippen molar-refractivity contribution in [3.8, 4) is 0 Å². The molecule has 0 aliphatic heterocycles. The molecule has 0 heterocycles. The molecule has 0 saturated heterocycles. The molecule has 0 aromatic heterocycles. The molecule has 0 rings (SSSR count). The van der Waals surface area contributed by atoms with E-state index in [1.54, 1.807) is 0 Å². The van der Waals surface area contributed by atoms with Gasteiger partial charge in [-0.15, -0.1) is 0 Å². The van der Waals surface area contributed by atoms with Crippen molar-refractivity contribution >= 4 is 5.97 Å². The van der Waals surface area contributed by atoms with Crippen LogP contribution in [0.25, 0.3) is 0 Å². The number of carboxylic acid groups (broad SMARTS) is 1. The fourth-order valence-corrected chi connectivity index (χ4v) is 2.05. The SMILES string of the molecule is CCCCC/C=C(/C/C=C\C/C=C\C/C=C\CCCC(=O)O)OO. The van der Waals surface area contributed by atoms with Gasteiger partial charge in [0.2, 0.25) is 0 Å². The molecular formula is C20H32O4. The van der Waals surface area contributed by atoms with Gasteiger partial charge in [0.1, 0.15) is 5.76 Å². The van der Waals surface area contributed by atoms with Crippen LogP contribution in [0, 0.1) is 0 Å². The summed E-state index contributed by atoms with van der Waals surface area (Å²) in [5, 5.41) is 17.3. The van der Waals surface area contributed by atoms with Crippen LogP contribution in [-0.4, -0.2) is 16.3 Å². The molecule has 0 amide bonds. The minimum atomic E-state index is -0.736. The molecule has 0 fully saturated rings. The summed E-state index contributed by atoms with van der Waals surface area (Å²) in [6, 6.07) is 0. The standard InChI is InChI=1S/C20H32O4/c1-2-3-4-13-16-19(24-23)17-14-11-9-7-5-6-8-10-12-15-18-20(21)22/h5,7-8,10-11,14,16,23H,2-4,6,9,12-13,15,17-18H2,1H3,(H,21,22)/b7-5-,10-8-,14-11-,19-16-. The van der Waals surface area contributed by atoms with Crippen molar-refractivity contribution in [3.05, 3.63) is 48.3 Å². The minimum absolute atomic E-state index is 0.234. The second-order valence-electron chi connectivity index (χ2n) is 5.63. The predicted octanol–water partition coefficient (Wildman–Crippen LogP) is 6.03. The van der Waals surface area contributed by atoms with Crippen molar-refractivity contribution < 1.29 is 20.0 Å². The lowest BCUT2D eigenvalue weighted by molar-refractivity contribution is -0.204. The maximum Gasteiger partial charge on any atom is 0.303 e. The van der Waals surface area contributed by atoms with Crippen molar-refractivity contribution in [2.24, 2.45) is 0 Å². The van der Waals surface area contributed by atoms with E-state index in [0.29, 0.717) is 18.6 Å². The van der Waals surface area contributed by atoms with Gasteiger partial charge in [-0.1, -0.05) is 56.2 Å². The lowest BCUT2D eigenvalue weighted by Gasteiger charge is -2.00. The van der Waals surface area contributed by atoms with E-state index >= 15 is 0 Å². The third kappa shape index (κ3) is 16.6. The number of unbranched alkanes of at least 4 members (excludes halogenated alkanes) is 4. The highest BCUT2D eigenvalue weighted by atomic mass is 17.1. The Labute approximate surface area is 146 Å². The van der Waals surface area contributed by atoms with E-state index in [1.807, 2.05) is 24.3 Å². The highest BCUT2D eigenvalue weighted by Crippen LogP contribution is 2.08. The summed E-state index contributed by atoms with van der Waals surface area (Å²) in [5.74, 6) is -0.128. The Morgan fingerprint density at radius 3 is 2.21 bits per heavy atom. The largest absolute Gasteiger partial charge is 0.481 e. The summed E-state index contributed by atoms with van der Waals surface area (Å²) in [4.78, 5) is 14.7. The number of carbonyl (C=O) groups is 1. The Bertz CT molecular complexity index is 419. The fraction of sp³-hybridized carbons (Fsp3) is 0.550. The number of allylic oxidation sites excluding steroid dienone is 7. The van der Waals surface area contributed by atoms with Gasteiger partial charge in [-0.2, -0.15) is 0 Å². The van der Waals surface area contributed by atoms with Crippen LogP contribution in [0.3, 0.4) is 0 Å². The normalized spacial score (nSPS) is 12.7. The molecule has 2 N–H and O–H groups in total. The van der Waals surface area contributed by atoms with Gasteiger partial charge in [-0.25, -0.2) is 5.26 Å². The first kappa shape index (κ1) is 22.2. The van der Waals surface area contributed by atoms with Crippen LogP contribution in [-0.2, 0) is 9.68 Å². The number of hydrogen-bond donors (Lipinski definition) is 2. The van der Waals surface area contributed by atoms with E-state index in [9.17, 15) is 4.79 Å². The summed E-state index contributed by atoms with van der Waals surface area (Å²) in [6.45, 7) is 2.17. The lowest BCUT2D eigenvalue weighted by Crippen LogP contribution is -1.92. The lowest BCUT2D eigenvalue weighted by atomic mass is 10.2. The molecule has 4 nitrogen and oxygen atoms in total. The molecule has 0 unspecified atom stereocenters. The van der Waals surface area contributed by atoms with Crippen LogP contribution in [0.4, 0.5) is 0 Å². The van der Waals surface area contributed by atoms with E-state index in [1.165, 1.54) is 12.8 Å². The van der Waals surface area contributed by atoms with Gasteiger partial charge in [0, 0.05) is 12.8 Å². The van der Waals surface area contributed by atoms with Crippen molar-refractivity contribution in [3.63, 3.8) is 0 Å². The van der Waals surface area contributed by atoms with E-state index < -0.39 is 5.97 Å². The maximum atomic E-state index is 10.3. The Morgan fingerprint density at radius 2 is 1.58 bits per heavy atom. The second-order valence-corrected chi connectivity index (χ2v) is 5.63. The van der Waals surface area contributed by atoms with Crippen molar-refractivity contribution in [2.75, 3.05) is 0 Å². The van der Waals surface area contributed by atoms with Crippen LogP contribution < -0.4 is 0 Å². The number of rotatable bonds is 15. The van der Waals surface area contributed by atoms with Crippen LogP contribution in [0.2, 0.25) is 0 Å². The second kappa shape index (κ2) is 17.5. The summed E-state index contributed by atoms with van der Waals surface area (Å²) in [5.41, 5.74) is 0. The molecule has 0 bridgehead atoms. The summed E-state index contributed by atoms with van der Waals surface area (Å²) in [7, 11) is 0.